The van der Waals surface area contributed by atoms with Gasteiger partial charge < -0.3 is 0 Å². The molecule has 0 fully saturated rings. The Kier molecular flexibility index (Phi) is 3.37. The molecule has 0 amide bonds. The minimum atomic E-state index is -3.83. The molecule has 0 aliphatic carbocycles. The number of sulfonamides is 1. The summed E-state index contributed by atoms with van der Waals surface area (Å²) in [5.74, 6) is 0. The van der Waals surface area contributed by atoms with Gasteiger partial charge in [0.25, 0.3) is 10.0 Å². The number of aromatic nitrogens is 3. The van der Waals surface area contributed by atoms with Crippen LogP contribution < -0.4 is 4.72 Å². The summed E-state index contributed by atoms with van der Waals surface area (Å²) in [6.07, 6.45) is 0. The fraction of sp³-hybridized carbons (Fsp3) is 0.571. The van der Waals surface area contributed by atoms with E-state index in [9.17, 15) is 8.42 Å². The van der Waals surface area contributed by atoms with Crippen molar-refractivity contribution in [1.82, 2.24) is 19.7 Å². The van der Waals surface area contributed by atoms with E-state index in [4.69, 9.17) is 5.26 Å². The Labute approximate surface area is 102 Å². The van der Waals surface area contributed by atoms with Crippen LogP contribution in [0.15, 0.2) is 9.63 Å². The SMILES string of the molecule is Cn1nnc(Br)c1S(=O)(=O)NC(C)(C)C#N. The van der Waals surface area contributed by atoms with Crippen LogP contribution in [0.3, 0.4) is 0 Å². The Bertz CT molecular complexity index is 522. The van der Waals surface area contributed by atoms with Gasteiger partial charge in [0.15, 0.2) is 4.60 Å². The molecule has 0 aliphatic rings. The van der Waals surface area contributed by atoms with E-state index >= 15 is 0 Å². The quantitative estimate of drug-likeness (QED) is 0.857. The van der Waals surface area contributed by atoms with E-state index in [1.54, 1.807) is 0 Å². The Morgan fingerprint density at radius 1 is 1.56 bits per heavy atom. The highest BCUT2D eigenvalue weighted by molar-refractivity contribution is 9.10. The zero-order chi connectivity index (χ0) is 12.6. The van der Waals surface area contributed by atoms with Gasteiger partial charge in [-0.2, -0.15) is 9.98 Å². The standard InChI is InChI=1S/C7H10BrN5O2S/c1-7(2,4-9)11-16(14,15)6-5(8)10-12-13(6)3/h11H,1-3H3. The molecule has 7 nitrogen and oxygen atoms in total. The maximum atomic E-state index is 11.9. The van der Waals surface area contributed by atoms with Crippen molar-refractivity contribution in [2.24, 2.45) is 7.05 Å². The summed E-state index contributed by atoms with van der Waals surface area (Å²) < 4.78 is 27.3. The lowest BCUT2D eigenvalue weighted by atomic mass is 10.1. The monoisotopic (exact) mass is 307 g/mol. The van der Waals surface area contributed by atoms with Crippen molar-refractivity contribution in [2.75, 3.05) is 0 Å². The lowest BCUT2D eigenvalue weighted by molar-refractivity contribution is 0.522. The van der Waals surface area contributed by atoms with Crippen molar-refractivity contribution in [3.63, 3.8) is 0 Å². The molecule has 0 bridgehead atoms. The van der Waals surface area contributed by atoms with Crippen molar-refractivity contribution < 1.29 is 8.42 Å². The highest BCUT2D eigenvalue weighted by Gasteiger charge is 2.30. The molecule has 1 rings (SSSR count). The third kappa shape index (κ3) is 2.58. The minimum absolute atomic E-state index is 0.108. The molecule has 0 radical (unpaired) electrons. The van der Waals surface area contributed by atoms with Gasteiger partial charge in [-0.05, 0) is 29.8 Å². The summed E-state index contributed by atoms with van der Waals surface area (Å²) in [4.78, 5) is 0. The van der Waals surface area contributed by atoms with E-state index in [1.165, 1.54) is 20.9 Å². The van der Waals surface area contributed by atoms with Crippen LogP contribution >= 0.6 is 15.9 Å². The van der Waals surface area contributed by atoms with E-state index in [0.29, 0.717) is 0 Å². The number of nitrogens with one attached hydrogen (secondary N) is 1. The molecule has 1 heterocycles. The van der Waals surface area contributed by atoms with Crippen molar-refractivity contribution in [2.45, 2.75) is 24.4 Å². The zero-order valence-electron chi connectivity index (χ0n) is 8.89. The lowest BCUT2D eigenvalue weighted by Gasteiger charge is -2.17. The molecule has 1 aromatic heterocycles. The second kappa shape index (κ2) is 4.12. The molecule has 0 aromatic carbocycles. The highest BCUT2D eigenvalue weighted by atomic mass is 79.9. The zero-order valence-corrected chi connectivity index (χ0v) is 11.3. The van der Waals surface area contributed by atoms with E-state index in [0.717, 1.165) is 4.68 Å². The number of hydrogen-bond acceptors (Lipinski definition) is 5. The smallest absolute Gasteiger partial charge is 0.235 e. The van der Waals surface area contributed by atoms with Crippen LogP contribution in [-0.4, -0.2) is 29.0 Å². The molecule has 1 N–H and O–H groups in total. The number of nitriles is 1. The second-order valence-electron chi connectivity index (χ2n) is 3.65. The van der Waals surface area contributed by atoms with Crippen molar-refractivity contribution in [1.29, 1.82) is 5.26 Å². The van der Waals surface area contributed by atoms with Crippen LogP contribution in [0.25, 0.3) is 0 Å². The van der Waals surface area contributed by atoms with Gasteiger partial charge in [0, 0.05) is 7.05 Å². The molecule has 0 unspecified atom stereocenters. The van der Waals surface area contributed by atoms with Crippen LogP contribution in [-0.2, 0) is 17.1 Å². The summed E-state index contributed by atoms with van der Waals surface area (Å²) in [6, 6.07) is 1.84. The first kappa shape index (κ1) is 13.1. The molecule has 16 heavy (non-hydrogen) atoms. The van der Waals surface area contributed by atoms with Crippen LogP contribution in [0.1, 0.15) is 13.8 Å². The molecule has 0 saturated carbocycles. The van der Waals surface area contributed by atoms with Crippen molar-refractivity contribution in [3.8, 4) is 6.07 Å². The Morgan fingerprint density at radius 3 is 2.50 bits per heavy atom. The maximum absolute atomic E-state index is 11.9. The third-order valence-corrected chi connectivity index (χ3v) is 4.20. The number of hydrogen-bond donors (Lipinski definition) is 1. The van der Waals surface area contributed by atoms with Gasteiger partial charge in [0.2, 0.25) is 5.03 Å². The molecule has 1 aromatic rings. The summed E-state index contributed by atoms with van der Waals surface area (Å²) in [5, 5.41) is 15.8. The minimum Gasteiger partial charge on any atom is -0.235 e. The molecule has 0 aliphatic heterocycles. The molecule has 0 saturated heterocycles. The fourth-order valence-corrected chi connectivity index (χ4v) is 3.44. The van der Waals surface area contributed by atoms with E-state index < -0.39 is 15.6 Å². The molecular formula is C7H10BrN5O2S. The Morgan fingerprint density at radius 2 is 2.12 bits per heavy atom. The van der Waals surface area contributed by atoms with Crippen LogP contribution in [0.5, 0.6) is 0 Å². The summed E-state index contributed by atoms with van der Waals surface area (Å²) in [7, 11) is -2.38. The van der Waals surface area contributed by atoms with E-state index in [1.807, 2.05) is 6.07 Å². The largest absolute Gasteiger partial charge is 0.261 e. The maximum Gasteiger partial charge on any atom is 0.261 e. The van der Waals surface area contributed by atoms with Crippen molar-refractivity contribution in [3.05, 3.63) is 4.60 Å². The Hall–Kier alpha value is -0.980. The molecule has 9 heteroatoms. The van der Waals surface area contributed by atoms with E-state index in [2.05, 4.69) is 31.0 Å². The number of nitrogens with zero attached hydrogens (tertiary/aromatic N) is 4. The van der Waals surface area contributed by atoms with Gasteiger partial charge in [-0.1, -0.05) is 5.21 Å². The van der Waals surface area contributed by atoms with Crippen LogP contribution in [0, 0.1) is 11.3 Å². The summed E-state index contributed by atoms with van der Waals surface area (Å²) >= 11 is 2.99. The first-order valence-corrected chi connectivity index (χ1v) is 6.47. The molecular weight excluding hydrogens is 298 g/mol. The van der Waals surface area contributed by atoms with Crippen LogP contribution in [0.4, 0.5) is 0 Å². The predicted molar refractivity (Wildman–Crippen MR) is 58.7 cm³/mol. The van der Waals surface area contributed by atoms with Gasteiger partial charge >= 0.3 is 0 Å². The fourth-order valence-electron chi connectivity index (χ4n) is 1.02. The summed E-state index contributed by atoms with van der Waals surface area (Å²) in [5.41, 5.74) is -1.19. The average Bonchev–Trinajstić information content (AvgIpc) is 2.44. The second-order valence-corrected chi connectivity index (χ2v) is 6.00. The van der Waals surface area contributed by atoms with Gasteiger partial charge in [-0.15, -0.1) is 5.10 Å². The highest BCUT2D eigenvalue weighted by Crippen LogP contribution is 2.19. The van der Waals surface area contributed by atoms with Crippen LogP contribution in [0.2, 0.25) is 0 Å². The molecule has 0 atom stereocenters. The first-order valence-electron chi connectivity index (χ1n) is 4.20. The Balaban J connectivity index is 3.20. The van der Waals surface area contributed by atoms with E-state index in [-0.39, 0.29) is 9.63 Å². The molecule has 88 valence electrons. The topological polar surface area (TPSA) is 101 Å². The van der Waals surface area contributed by atoms with Gasteiger partial charge in [0.05, 0.1) is 6.07 Å². The summed E-state index contributed by atoms with van der Waals surface area (Å²) in [6.45, 7) is 2.92. The average molecular weight is 308 g/mol. The van der Waals surface area contributed by atoms with Gasteiger partial charge in [-0.3, -0.25) is 0 Å². The van der Waals surface area contributed by atoms with Crippen molar-refractivity contribution >= 4 is 26.0 Å². The first-order chi connectivity index (χ1) is 7.19. The number of rotatable bonds is 3. The number of aryl methyl sites for hydroxylation is 1. The third-order valence-electron chi connectivity index (χ3n) is 1.66. The van der Waals surface area contributed by atoms with Gasteiger partial charge in [-0.25, -0.2) is 13.1 Å². The lowest BCUT2D eigenvalue weighted by Crippen LogP contribution is -2.42. The number of halogens is 1. The van der Waals surface area contributed by atoms with Gasteiger partial charge in [0.1, 0.15) is 5.54 Å². The normalized spacial score (nSPS) is 12.4. The molecule has 0 spiro atoms. The predicted octanol–water partition coefficient (Wildman–Crippen LogP) is 0.158.